The van der Waals surface area contributed by atoms with Crippen molar-refractivity contribution in [3.05, 3.63) is 46.7 Å². The first-order valence-electron chi connectivity index (χ1n) is 7.29. The zero-order valence-corrected chi connectivity index (χ0v) is 15.2. The summed E-state index contributed by atoms with van der Waals surface area (Å²) in [6.45, 7) is 6.04. The van der Waals surface area contributed by atoms with Crippen molar-refractivity contribution in [2.75, 3.05) is 5.75 Å². The molecule has 0 saturated carbocycles. The highest BCUT2D eigenvalue weighted by Gasteiger charge is 2.19. The smallest absolute Gasteiger partial charge is 0.281 e. The summed E-state index contributed by atoms with van der Waals surface area (Å²) in [6.07, 6.45) is 0. The van der Waals surface area contributed by atoms with Crippen molar-refractivity contribution in [3.8, 4) is 0 Å². The van der Waals surface area contributed by atoms with Crippen LogP contribution in [0.25, 0.3) is 0 Å². The highest BCUT2D eigenvalue weighted by Crippen LogP contribution is 2.20. The number of nitrogens with zero attached hydrogens (tertiary/aromatic N) is 1. The van der Waals surface area contributed by atoms with Crippen LogP contribution < -0.4 is 10.9 Å². The van der Waals surface area contributed by atoms with Crippen molar-refractivity contribution >= 4 is 35.2 Å². The van der Waals surface area contributed by atoms with E-state index >= 15 is 0 Å². The first-order valence-corrected chi connectivity index (χ1v) is 8.65. The molecule has 0 atom stereocenters. The number of H-pyrrole nitrogens is 1. The van der Waals surface area contributed by atoms with Gasteiger partial charge in [-0.3, -0.25) is 25.5 Å². The van der Waals surface area contributed by atoms with Gasteiger partial charge in [-0.15, -0.1) is 11.8 Å². The van der Waals surface area contributed by atoms with Crippen LogP contribution in [0.2, 0.25) is 5.02 Å². The number of halogens is 1. The molecule has 2 aromatic rings. The first kappa shape index (κ1) is 18.4. The number of rotatable bonds is 4. The Kier molecular flexibility index (Phi) is 5.90. The predicted octanol–water partition coefficient (Wildman–Crippen LogP) is 2.91. The largest absolute Gasteiger partial charge is 0.290 e. The Labute approximate surface area is 149 Å². The van der Waals surface area contributed by atoms with Gasteiger partial charge in [0.05, 0.1) is 5.75 Å². The molecule has 1 aromatic carbocycles. The van der Waals surface area contributed by atoms with Gasteiger partial charge in [-0.1, -0.05) is 32.4 Å². The summed E-state index contributed by atoms with van der Waals surface area (Å²) in [5.41, 5.74) is 5.66. The molecule has 0 aliphatic carbocycles. The van der Waals surface area contributed by atoms with E-state index in [1.807, 2.05) is 32.9 Å². The topological polar surface area (TPSA) is 86.9 Å². The minimum absolute atomic E-state index is 0.135. The Balaban J connectivity index is 1.79. The number of aromatic amines is 1. The molecule has 0 bridgehead atoms. The lowest BCUT2D eigenvalue weighted by Gasteiger charge is -2.14. The maximum absolute atomic E-state index is 12.0. The fraction of sp³-hybridized carbons (Fsp3) is 0.312. The van der Waals surface area contributed by atoms with Crippen LogP contribution in [0.1, 0.15) is 37.0 Å². The van der Waals surface area contributed by atoms with Gasteiger partial charge in [-0.25, -0.2) is 0 Å². The third kappa shape index (κ3) is 5.28. The number of amides is 2. The minimum Gasteiger partial charge on any atom is -0.281 e. The summed E-state index contributed by atoms with van der Waals surface area (Å²) in [4.78, 5) is 24.7. The van der Waals surface area contributed by atoms with Crippen molar-refractivity contribution in [2.45, 2.75) is 31.1 Å². The number of carbonyl (C=O) groups excluding carboxylic acids is 2. The fourth-order valence-corrected chi connectivity index (χ4v) is 2.55. The van der Waals surface area contributed by atoms with Gasteiger partial charge in [0.1, 0.15) is 0 Å². The number of thioether (sulfide) groups is 1. The number of hydrogen-bond acceptors (Lipinski definition) is 4. The molecule has 8 heteroatoms. The highest BCUT2D eigenvalue weighted by atomic mass is 35.5. The third-order valence-corrected chi connectivity index (χ3v) is 4.38. The molecule has 128 valence electrons. The lowest BCUT2D eigenvalue weighted by atomic mass is 9.92. The Morgan fingerprint density at radius 2 is 1.88 bits per heavy atom. The van der Waals surface area contributed by atoms with Crippen LogP contribution in [0, 0.1) is 0 Å². The molecule has 0 spiro atoms. The highest BCUT2D eigenvalue weighted by molar-refractivity contribution is 8.00. The van der Waals surface area contributed by atoms with Crippen molar-refractivity contribution < 1.29 is 9.59 Å². The minimum atomic E-state index is -0.466. The second-order valence-corrected chi connectivity index (χ2v) is 7.65. The number of carbonyl (C=O) groups is 2. The molecule has 2 amide bonds. The molecule has 0 fully saturated rings. The van der Waals surface area contributed by atoms with E-state index in [1.54, 1.807) is 18.2 Å². The third-order valence-electron chi connectivity index (χ3n) is 3.12. The molecule has 0 aliphatic heterocycles. The molecule has 6 nitrogen and oxygen atoms in total. The Hall–Kier alpha value is -1.99. The molecular formula is C16H19ClN4O2S. The molecule has 3 N–H and O–H groups in total. The number of benzene rings is 1. The quantitative estimate of drug-likeness (QED) is 0.573. The SMILES string of the molecule is CC(C)(C)c1cc(C(=O)NNC(=O)CSc2ccc(Cl)cc2)n[nH]1. The van der Waals surface area contributed by atoms with E-state index in [0.29, 0.717) is 5.02 Å². The molecule has 0 radical (unpaired) electrons. The number of nitrogens with one attached hydrogen (secondary N) is 3. The standard InChI is InChI=1S/C16H19ClN4O2S/c1-16(2,3)13-8-12(18-19-13)15(23)21-20-14(22)9-24-11-6-4-10(17)5-7-11/h4-8H,9H2,1-3H3,(H,18,19)(H,20,22)(H,21,23). The molecule has 0 unspecified atom stereocenters. The van der Waals surface area contributed by atoms with Crippen molar-refractivity contribution in [1.29, 1.82) is 0 Å². The van der Waals surface area contributed by atoms with Crippen LogP contribution in [-0.4, -0.2) is 27.8 Å². The maximum atomic E-state index is 12.0. The van der Waals surface area contributed by atoms with Gasteiger partial charge >= 0.3 is 0 Å². The van der Waals surface area contributed by atoms with Crippen LogP contribution in [0.5, 0.6) is 0 Å². The van der Waals surface area contributed by atoms with E-state index in [2.05, 4.69) is 21.0 Å². The number of hydrazine groups is 1. The van der Waals surface area contributed by atoms with Crippen LogP contribution in [0.3, 0.4) is 0 Å². The van der Waals surface area contributed by atoms with Crippen molar-refractivity contribution in [1.82, 2.24) is 21.0 Å². The lowest BCUT2D eigenvalue weighted by molar-refractivity contribution is -0.119. The van der Waals surface area contributed by atoms with Gasteiger partial charge in [0.25, 0.3) is 5.91 Å². The summed E-state index contributed by atoms with van der Waals surface area (Å²) in [7, 11) is 0. The molecular weight excluding hydrogens is 348 g/mol. The number of hydrogen-bond donors (Lipinski definition) is 3. The lowest BCUT2D eigenvalue weighted by Crippen LogP contribution is -2.42. The van der Waals surface area contributed by atoms with Gasteiger partial charge < -0.3 is 0 Å². The zero-order chi connectivity index (χ0) is 17.7. The summed E-state index contributed by atoms with van der Waals surface area (Å²) < 4.78 is 0. The van der Waals surface area contributed by atoms with E-state index < -0.39 is 5.91 Å². The normalized spacial score (nSPS) is 11.2. The summed E-state index contributed by atoms with van der Waals surface area (Å²) in [6, 6.07) is 8.85. The Morgan fingerprint density at radius 3 is 2.46 bits per heavy atom. The van der Waals surface area contributed by atoms with E-state index in [0.717, 1.165) is 10.6 Å². The monoisotopic (exact) mass is 366 g/mol. The van der Waals surface area contributed by atoms with Crippen LogP contribution in [-0.2, 0) is 10.2 Å². The fourth-order valence-electron chi connectivity index (χ4n) is 1.73. The van der Waals surface area contributed by atoms with Crippen molar-refractivity contribution in [2.24, 2.45) is 0 Å². The van der Waals surface area contributed by atoms with Crippen LogP contribution in [0.15, 0.2) is 35.2 Å². The number of aromatic nitrogens is 2. The van der Waals surface area contributed by atoms with Gasteiger partial charge in [-0.05, 0) is 30.3 Å². The van der Waals surface area contributed by atoms with E-state index in [4.69, 9.17) is 11.6 Å². The molecule has 2 rings (SSSR count). The van der Waals surface area contributed by atoms with Gasteiger partial charge in [0.15, 0.2) is 5.69 Å². The average Bonchev–Trinajstić information content (AvgIpc) is 3.02. The van der Waals surface area contributed by atoms with Crippen LogP contribution >= 0.6 is 23.4 Å². The van der Waals surface area contributed by atoms with Crippen molar-refractivity contribution in [3.63, 3.8) is 0 Å². The summed E-state index contributed by atoms with van der Waals surface area (Å²) in [5, 5.41) is 7.43. The second kappa shape index (κ2) is 7.72. The van der Waals surface area contributed by atoms with Crippen LogP contribution in [0.4, 0.5) is 0 Å². The van der Waals surface area contributed by atoms with E-state index in [1.165, 1.54) is 11.8 Å². The van der Waals surface area contributed by atoms with Gasteiger partial charge in [0, 0.05) is 21.0 Å². The second-order valence-electron chi connectivity index (χ2n) is 6.16. The predicted molar refractivity (Wildman–Crippen MR) is 95.1 cm³/mol. The van der Waals surface area contributed by atoms with E-state index in [-0.39, 0.29) is 22.8 Å². The molecule has 1 heterocycles. The molecule has 0 saturated heterocycles. The molecule has 24 heavy (non-hydrogen) atoms. The average molecular weight is 367 g/mol. The molecule has 0 aliphatic rings. The maximum Gasteiger partial charge on any atom is 0.290 e. The summed E-state index contributed by atoms with van der Waals surface area (Å²) in [5.74, 6) is -0.600. The zero-order valence-electron chi connectivity index (χ0n) is 13.6. The first-order chi connectivity index (χ1) is 11.3. The Bertz CT molecular complexity index is 722. The van der Waals surface area contributed by atoms with Gasteiger partial charge in [0.2, 0.25) is 5.91 Å². The van der Waals surface area contributed by atoms with Gasteiger partial charge in [-0.2, -0.15) is 5.10 Å². The van der Waals surface area contributed by atoms with E-state index in [9.17, 15) is 9.59 Å². The summed E-state index contributed by atoms with van der Waals surface area (Å²) >= 11 is 7.15. The Morgan fingerprint density at radius 1 is 1.21 bits per heavy atom. The molecule has 1 aromatic heterocycles.